The standard InChI is InChI=1S/C19H25NO4/c1-4-5-6-7-8-15-12(2)14-9-10-16(23-11-17(20)21)13(3)18(14)24-19(15)22/h9-10H,4-8,11H2,1-3H3,(H2,20,21). The van der Waals surface area contributed by atoms with E-state index in [9.17, 15) is 9.59 Å². The zero-order valence-corrected chi connectivity index (χ0v) is 14.6. The number of aryl methyl sites for hydroxylation is 2. The highest BCUT2D eigenvalue weighted by Crippen LogP contribution is 2.29. The van der Waals surface area contributed by atoms with Gasteiger partial charge in [0.15, 0.2) is 6.61 Å². The molecule has 1 amide bonds. The van der Waals surface area contributed by atoms with Crippen LogP contribution in [0.4, 0.5) is 0 Å². The summed E-state index contributed by atoms with van der Waals surface area (Å²) in [5.41, 5.74) is 7.74. The number of unbranched alkanes of at least 4 members (excludes halogenated alkanes) is 3. The van der Waals surface area contributed by atoms with Crippen molar-refractivity contribution in [3.63, 3.8) is 0 Å². The molecular formula is C19H25NO4. The summed E-state index contributed by atoms with van der Waals surface area (Å²) in [6, 6.07) is 3.65. The minimum atomic E-state index is -0.547. The van der Waals surface area contributed by atoms with Crippen LogP contribution in [-0.4, -0.2) is 12.5 Å². The fourth-order valence-electron chi connectivity index (χ4n) is 2.89. The first kappa shape index (κ1) is 18.0. The van der Waals surface area contributed by atoms with Crippen LogP contribution >= 0.6 is 0 Å². The van der Waals surface area contributed by atoms with E-state index in [4.69, 9.17) is 14.9 Å². The third-order valence-corrected chi connectivity index (χ3v) is 4.30. The van der Waals surface area contributed by atoms with Gasteiger partial charge in [0.25, 0.3) is 5.91 Å². The summed E-state index contributed by atoms with van der Waals surface area (Å²) >= 11 is 0. The van der Waals surface area contributed by atoms with Crippen molar-refractivity contribution in [1.29, 1.82) is 0 Å². The van der Waals surface area contributed by atoms with E-state index < -0.39 is 5.91 Å². The maximum Gasteiger partial charge on any atom is 0.339 e. The van der Waals surface area contributed by atoms with Gasteiger partial charge in [0.2, 0.25) is 0 Å². The molecule has 0 saturated heterocycles. The third kappa shape index (κ3) is 3.96. The van der Waals surface area contributed by atoms with E-state index in [-0.39, 0.29) is 12.2 Å². The normalized spacial score (nSPS) is 11.0. The van der Waals surface area contributed by atoms with Gasteiger partial charge < -0.3 is 14.9 Å². The summed E-state index contributed by atoms with van der Waals surface area (Å²) in [4.78, 5) is 23.2. The Labute approximate surface area is 141 Å². The molecule has 24 heavy (non-hydrogen) atoms. The maximum atomic E-state index is 12.4. The second kappa shape index (κ2) is 7.99. The van der Waals surface area contributed by atoms with Crippen LogP contribution in [0.25, 0.3) is 11.0 Å². The van der Waals surface area contributed by atoms with E-state index >= 15 is 0 Å². The molecule has 0 aliphatic carbocycles. The summed E-state index contributed by atoms with van der Waals surface area (Å²) in [6.07, 6.45) is 5.19. The highest BCUT2D eigenvalue weighted by Gasteiger charge is 2.15. The Kier molecular flexibility index (Phi) is 6.01. The minimum absolute atomic E-state index is 0.203. The van der Waals surface area contributed by atoms with Crippen molar-refractivity contribution >= 4 is 16.9 Å². The van der Waals surface area contributed by atoms with Crippen LogP contribution in [-0.2, 0) is 11.2 Å². The Bertz CT molecular complexity index is 792. The van der Waals surface area contributed by atoms with Crippen LogP contribution in [0.5, 0.6) is 5.75 Å². The third-order valence-electron chi connectivity index (χ3n) is 4.30. The van der Waals surface area contributed by atoms with Gasteiger partial charge in [0.1, 0.15) is 11.3 Å². The van der Waals surface area contributed by atoms with Crippen LogP contribution < -0.4 is 16.1 Å². The first-order valence-electron chi connectivity index (χ1n) is 8.42. The van der Waals surface area contributed by atoms with Crippen LogP contribution in [0.2, 0.25) is 0 Å². The van der Waals surface area contributed by atoms with Gasteiger partial charge in [-0.15, -0.1) is 0 Å². The lowest BCUT2D eigenvalue weighted by Gasteiger charge is -2.12. The molecule has 2 aromatic rings. The number of hydrogen-bond acceptors (Lipinski definition) is 4. The van der Waals surface area contributed by atoms with Gasteiger partial charge in [-0.05, 0) is 44.4 Å². The predicted molar refractivity (Wildman–Crippen MR) is 94.5 cm³/mol. The number of rotatable bonds is 8. The molecule has 0 fully saturated rings. The molecule has 0 unspecified atom stereocenters. The Morgan fingerprint density at radius 3 is 2.58 bits per heavy atom. The van der Waals surface area contributed by atoms with Crippen LogP contribution in [0.1, 0.15) is 49.3 Å². The summed E-state index contributed by atoms with van der Waals surface area (Å²) in [7, 11) is 0. The number of carbonyl (C=O) groups is 1. The molecule has 0 atom stereocenters. The fourth-order valence-corrected chi connectivity index (χ4v) is 2.89. The number of ether oxygens (including phenoxy) is 1. The van der Waals surface area contributed by atoms with Crippen molar-refractivity contribution in [2.45, 2.75) is 52.9 Å². The molecule has 0 radical (unpaired) electrons. The molecule has 5 heteroatoms. The van der Waals surface area contributed by atoms with Crippen molar-refractivity contribution in [1.82, 2.24) is 0 Å². The largest absolute Gasteiger partial charge is 0.483 e. The van der Waals surface area contributed by atoms with Gasteiger partial charge in [0, 0.05) is 16.5 Å². The Morgan fingerprint density at radius 1 is 1.17 bits per heavy atom. The second-order valence-electron chi connectivity index (χ2n) is 6.12. The average molecular weight is 331 g/mol. The molecular weight excluding hydrogens is 306 g/mol. The van der Waals surface area contributed by atoms with Crippen molar-refractivity contribution in [2.24, 2.45) is 5.73 Å². The number of amides is 1. The number of nitrogens with two attached hydrogens (primary N) is 1. The first-order chi connectivity index (χ1) is 11.5. The van der Waals surface area contributed by atoms with E-state index in [0.29, 0.717) is 16.9 Å². The summed E-state index contributed by atoms with van der Waals surface area (Å²) in [6.45, 7) is 5.72. The SMILES string of the molecule is CCCCCCc1c(C)c2ccc(OCC(N)=O)c(C)c2oc1=O. The molecule has 0 aliphatic rings. The monoisotopic (exact) mass is 331 g/mol. The average Bonchev–Trinajstić information content (AvgIpc) is 2.54. The second-order valence-corrected chi connectivity index (χ2v) is 6.12. The number of carbonyl (C=O) groups excluding carboxylic acids is 1. The molecule has 1 heterocycles. The number of primary amides is 1. The van der Waals surface area contributed by atoms with Crippen molar-refractivity contribution in [3.05, 3.63) is 39.2 Å². The molecule has 0 saturated carbocycles. The van der Waals surface area contributed by atoms with Crippen molar-refractivity contribution in [2.75, 3.05) is 6.61 Å². The van der Waals surface area contributed by atoms with Crippen LogP contribution in [0.3, 0.4) is 0 Å². The number of hydrogen-bond donors (Lipinski definition) is 1. The highest BCUT2D eigenvalue weighted by atomic mass is 16.5. The van der Waals surface area contributed by atoms with Gasteiger partial charge in [0.05, 0.1) is 0 Å². The van der Waals surface area contributed by atoms with Crippen molar-refractivity contribution < 1.29 is 13.9 Å². The number of fused-ring (bicyclic) bond motifs is 1. The molecule has 1 aromatic carbocycles. The van der Waals surface area contributed by atoms with Gasteiger partial charge in [-0.2, -0.15) is 0 Å². The summed E-state index contributed by atoms with van der Waals surface area (Å²) in [5, 5.41) is 0.906. The lowest BCUT2D eigenvalue weighted by molar-refractivity contribution is -0.119. The smallest absolute Gasteiger partial charge is 0.339 e. The molecule has 0 bridgehead atoms. The Hall–Kier alpha value is -2.30. The molecule has 0 spiro atoms. The van der Waals surface area contributed by atoms with Gasteiger partial charge in [-0.25, -0.2) is 4.79 Å². The number of benzene rings is 1. The molecule has 5 nitrogen and oxygen atoms in total. The quantitative estimate of drug-likeness (QED) is 0.593. The lowest BCUT2D eigenvalue weighted by atomic mass is 9.99. The minimum Gasteiger partial charge on any atom is -0.483 e. The first-order valence-corrected chi connectivity index (χ1v) is 8.42. The summed E-state index contributed by atoms with van der Waals surface area (Å²) < 4.78 is 10.9. The van der Waals surface area contributed by atoms with E-state index in [1.54, 1.807) is 6.07 Å². The highest BCUT2D eigenvalue weighted by molar-refractivity contribution is 5.85. The van der Waals surface area contributed by atoms with E-state index in [0.717, 1.165) is 35.8 Å². The molecule has 2 N–H and O–H groups in total. The van der Waals surface area contributed by atoms with Gasteiger partial charge >= 0.3 is 5.63 Å². The molecule has 0 aliphatic heterocycles. The molecule has 130 valence electrons. The summed E-state index contributed by atoms with van der Waals surface area (Å²) in [5.74, 6) is -0.0471. The zero-order valence-electron chi connectivity index (χ0n) is 14.6. The molecule has 1 aromatic heterocycles. The Balaban J connectivity index is 2.36. The fraction of sp³-hybridized carbons (Fsp3) is 0.474. The van der Waals surface area contributed by atoms with Crippen LogP contribution in [0, 0.1) is 13.8 Å². The van der Waals surface area contributed by atoms with Gasteiger partial charge in [-0.1, -0.05) is 26.2 Å². The maximum absolute atomic E-state index is 12.4. The zero-order chi connectivity index (χ0) is 17.7. The lowest BCUT2D eigenvalue weighted by Crippen LogP contribution is -2.20. The van der Waals surface area contributed by atoms with Gasteiger partial charge in [-0.3, -0.25) is 4.79 Å². The van der Waals surface area contributed by atoms with Crippen LogP contribution in [0.15, 0.2) is 21.3 Å². The van der Waals surface area contributed by atoms with Crippen molar-refractivity contribution in [3.8, 4) is 5.75 Å². The molecule has 2 rings (SSSR count). The van der Waals surface area contributed by atoms with E-state index in [1.807, 2.05) is 19.9 Å². The Morgan fingerprint density at radius 2 is 1.92 bits per heavy atom. The predicted octanol–water partition coefficient (Wildman–Crippen LogP) is 3.40. The van der Waals surface area contributed by atoms with E-state index in [2.05, 4.69) is 6.92 Å². The topological polar surface area (TPSA) is 82.5 Å². The van der Waals surface area contributed by atoms with E-state index in [1.165, 1.54) is 12.8 Å².